The third kappa shape index (κ3) is 4.53. The Hall–Kier alpha value is -3.17. The van der Waals surface area contributed by atoms with Crippen LogP contribution in [0.15, 0.2) is 83.5 Å². The molecule has 0 saturated heterocycles. The first-order chi connectivity index (χ1) is 15.3. The molecule has 6 nitrogen and oxygen atoms in total. The Kier molecular flexibility index (Phi) is 6.29. The summed E-state index contributed by atoms with van der Waals surface area (Å²) < 4.78 is 6.38. The third-order valence-electron chi connectivity index (χ3n) is 4.73. The van der Waals surface area contributed by atoms with Crippen LogP contribution in [-0.4, -0.2) is 17.8 Å². The molecule has 1 aliphatic rings. The van der Waals surface area contributed by atoms with Crippen molar-refractivity contribution >= 4 is 63.4 Å². The lowest BCUT2D eigenvalue weighted by atomic mass is 10.2. The fraction of sp³-hybridized carbons (Fsp3) is 0.0417. The topological polar surface area (TPSA) is 75.7 Å². The Balaban J connectivity index is 1.47. The van der Waals surface area contributed by atoms with Gasteiger partial charge >= 0.3 is 5.97 Å². The number of amides is 2. The summed E-state index contributed by atoms with van der Waals surface area (Å²) in [5.41, 5.74) is 2.26. The fourth-order valence-electron chi connectivity index (χ4n) is 3.04. The predicted molar refractivity (Wildman–Crippen MR) is 131 cm³/mol. The van der Waals surface area contributed by atoms with Gasteiger partial charge in [-0.25, -0.2) is 9.69 Å². The number of nitrogens with zero attached hydrogens (tertiary/aromatic N) is 1. The number of carbonyl (C=O) groups excluding carboxylic acids is 3. The molecule has 0 aromatic heterocycles. The molecule has 4 rings (SSSR count). The summed E-state index contributed by atoms with van der Waals surface area (Å²) in [5, 5.41) is 2.69. The second-order valence-corrected chi connectivity index (χ2v) is 8.64. The van der Waals surface area contributed by atoms with Gasteiger partial charge in [0.05, 0.1) is 11.3 Å². The Bertz CT molecular complexity index is 1240. The van der Waals surface area contributed by atoms with Gasteiger partial charge in [-0.3, -0.25) is 9.59 Å². The van der Waals surface area contributed by atoms with Crippen LogP contribution in [0.3, 0.4) is 0 Å². The predicted octanol–water partition coefficient (Wildman–Crippen LogP) is 5.25. The molecule has 0 spiro atoms. The molecule has 0 atom stereocenters. The standard InChI is InChI=1S/C24H16ClIN2O4/c1-14-2-10-18(11-3-14)28-22(29)20(25)21(23(28)30)27-17-8-4-15(5-9-17)24(31)32-19-12-6-16(26)7-13-19/h2-13,27H,1H3. The molecular formula is C24H16ClIN2O4. The summed E-state index contributed by atoms with van der Waals surface area (Å²) in [5.74, 6) is -1.21. The van der Waals surface area contributed by atoms with Crippen LogP contribution in [0.4, 0.5) is 11.4 Å². The van der Waals surface area contributed by atoms with E-state index in [1.54, 1.807) is 48.5 Å². The van der Waals surface area contributed by atoms with E-state index < -0.39 is 17.8 Å². The summed E-state index contributed by atoms with van der Waals surface area (Å²) in [4.78, 5) is 38.8. The van der Waals surface area contributed by atoms with Gasteiger partial charge in [0.2, 0.25) is 0 Å². The number of hydrogen-bond donors (Lipinski definition) is 1. The molecule has 0 aliphatic carbocycles. The summed E-state index contributed by atoms with van der Waals surface area (Å²) in [6.07, 6.45) is 0. The van der Waals surface area contributed by atoms with E-state index in [9.17, 15) is 14.4 Å². The van der Waals surface area contributed by atoms with Crippen LogP contribution in [0, 0.1) is 10.5 Å². The molecule has 1 heterocycles. The van der Waals surface area contributed by atoms with Crippen LogP contribution in [0.5, 0.6) is 5.75 Å². The minimum Gasteiger partial charge on any atom is -0.423 e. The summed E-state index contributed by atoms with van der Waals surface area (Å²) in [6, 6.07) is 20.4. The number of hydrogen-bond acceptors (Lipinski definition) is 5. The minimum absolute atomic E-state index is 0.0218. The van der Waals surface area contributed by atoms with Crippen LogP contribution in [0.25, 0.3) is 0 Å². The highest BCUT2D eigenvalue weighted by atomic mass is 127. The zero-order valence-electron chi connectivity index (χ0n) is 16.8. The number of carbonyl (C=O) groups is 3. The Morgan fingerprint density at radius 3 is 2.16 bits per heavy atom. The lowest BCUT2D eigenvalue weighted by Crippen LogP contribution is -2.32. The van der Waals surface area contributed by atoms with Crippen LogP contribution in [0.2, 0.25) is 0 Å². The summed E-state index contributed by atoms with van der Waals surface area (Å²) >= 11 is 8.33. The second kappa shape index (κ2) is 9.13. The number of rotatable bonds is 5. The molecular weight excluding hydrogens is 543 g/mol. The first-order valence-corrected chi connectivity index (χ1v) is 11.0. The number of aryl methyl sites for hydroxylation is 1. The lowest BCUT2D eigenvalue weighted by molar-refractivity contribution is -0.120. The van der Waals surface area contributed by atoms with Crippen molar-refractivity contribution in [3.8, 4) is 5.75 Å². The quantitative estimate of drug-likeness (QED) is 0.200. The van der Waals surface area contributed by atoms with E-state index in [0.29, 0.717) is 22.7 Å². The number of esters is 1. The molecule has 32 heavy (non-hydrogen) atoms. The van der Waals surface area contributed by atoms with Crippen molar-refractivity contribution in [1.29, 1.82) is 0 Å². The van der Waals surface area contributed by atoms with E-state index >= 15 is 0 Å². The third-order valence-corrected chi connectivity index (χ3v) is 5.80. The maximum atomic E-state index is 12.8. The van der Waals surface area contributed by atoms with Crippen molar-refractivity contribution in [1.82, 2.24) is 0 Å². The van der Waals surface area contributed by atoms with Gasteiger partial charge in [-0.1, -0.05) is 29.3 Å². The molecule has 1 N–H and O–H groups in total. The molecule has 0 saturated carbocycles. The van der Waals surface area contributed by atoms with Crippen molar-refractivity contribution in [2.75, 3.05) is 10.2 Å². The van der Waals surface area contributed by atoms with Crippen molar-refractivity contribution < 1.29 is 19.1 Å². The molecule has 0 bridgehead atoms. The van der Waals surface area contributed by atoms with Gasteiger partial charge in [0.25, 0.3) is 11.8 Å². The molecule has 3 aromatic carbocycles. The normalized spacial score (nSPS) is 13.5. The van der Waals surface area contributed by atoms with Crippen molar-refractivity contribution in [3.05, 3.63) is 98.2 Å². The number of imide groups is 1. The van der Waals surface area contributed by atoms with Crippen LogP contribution < -0.4 is 15.0 Å². The molecule has 2 amide bonds. The highest BCUT2D eigenvalue weighted by Gasteiger charge is 2.38. The van der Waals surface area contributed by atoms with Crippen molar-refractivity contribution in [2.45, 2.75) is 6.92 Å². The zero-order valence-corrected chi connectivity index (χ0v) is 19.7. The van der Waals surface area contributed by atoms with E-state index in [1.807, 2.05) is 31.2 Å². The van der Waals surface area contributed by atoms with Gasteiger partial charge in [0.1, 0.15) is 16.5 Å². The average Bonchev–Trinajstić information content (AvgIpc) is 3.00. The van der Waals surface area contributed by atoms with Gasteiger partial charge in [0, 0.05) is 9.26 Å². The highest BCUT2D eigenvalue weighted by molar-refractivity contribution is 14.1. The number of halogens is 2. The van der Waals surface area contributed by atoms with Crippen LogP contribution in [-0.2, 0) is 9.59 Å². The van der Waals surface area contributed by atoms with E-state index in [2.05, 4.69) is 27.9 Å². The molecule has 0 unspecified atom stereocenters. The Labute approximate surface area is 203 Å². The van der Waals surface area contributed by atoms with E-state index in [0.717, 1.165) is 14.0 Å². The smallest absolute Gasteiger partial charge is 0.343 e. The first-order valence-electron chi connectivity index (χ1n) is 9.53. The molecule has 1 aliphatic heterocycles. The first kappa shape index (κ1) is 22.0. The van der Waals surface area contributed by atoms with Gasteiger partial charge in [-0.05, 0) is 90.2 Å². The average molecular weight is 559 g/mol. The number of benzene rings is 3. The van der Waals surface area contributed by atoms with Crippen molar-refractivity contribution in [2.24, 2.45) is 0 Å². The van der Waals surface area contributed by atoms with Crippen LogP contribution in [0.1, 0.15) is 15.9 Å². The number of ether oxygens (including phenoxy) is 1. The van der Waals surface area contributed by atoms with Crippen LogP contribution >= 0.6 is 34.2 Å². The Morgan fingerprint density at radius 2 is 1.53 bits per heavy atom. The summed E-state index contributed by atoms with van der Waals surface area (Å²) in [6.45, 7) is 1.91. The fourth-order valence-corrected chi connectivity index (χ4v) is 3.61. The number of anilines is 2. The lowest BCUT2D eigenvalue weighted by Gasteiger charge is -2.15. The molecule has 0 fully saturated rings. The van der Waals surface area contributed by atoms with Gasteiger partial charge in [-0.2, -0.15) is 0 Å². The van der Waals surface area contributed by atoms with E-state index in [4.69, 9.17) is 16.3 Å². The largest absolute Gasteiger partial charge is 0.423 e. The van der Waals surface area contributed by atoms with Crippen molar-refractivity contribution in [3.63, 3.8) is 0 Å². The highest BCUT2D eigenvalue weighted by Crippen LogP contribution is 2.30. The maximum absolute atomic E-state index is 12.8. The number of nitrogens with one attached hydrogen (secondary N) is 1. The molecule has 0 radical (unpaired) electrons. The molecule has 3 aromatic rings. The van der Waals surface area contributed by atoms with Gasteiger partial charge in [0.15, 0.2) is 0 Å². The SMILES string of the molecule is Cc1ccc(N2C(=O)C(Cl)=C(Nc3ccc(C(=O)Oc4ccc(I)cc4)cc3)C2=O)cc1. The van der Waals surface area contributed by atoms with E-state index in [1.165, 1.54) is 0 Å². The Morgan fingerprint density at radius 1 is 0.906 bits per heavy atom. The molecule has 160 valence electrons. The van der Waals surface area contributed by atoms with Gasteiger partial charge in [-0.15, -0.1) is 0 Å². The van der Waals surface area contributed by atoms with E-state index in [-0.39, 0.29) is 10.7 Å². The second-order valence-electron chi connectivity index (χ2n) is 7.02. The summed E-state index contributed by atoms with van der Waals surface area (Å²) in [7, 11) is 0. The van der Waals surface area contributed by atoms with Gasteiger partial charge < -0.3 is 10.1 Å². The zero-order chi connectivity index (χ0) is 22.8. The minimum atomic E-state index is -0.597. The monoisotopic (exact) mass is 558 g/mol. The molecule has 8 heteroatoms. The maximum Gasteiger partial charge on any atom is 0.343 e.